The first-order valence-corrected chi connectivity index (χ1v) is 7.30. The molecule has 3 nitrogen and oxygen atoms in total. The van der Waals surface area contributed by atoms with Crippen LogP contribution in [0.15, 0.2) is 30.3 Å². The van der Waals surface area contributed by atoms with Gasteiger partial charge in [0.15, 0.2) is 0 Å². The molecule has 1 aromatic carbocycles. The van der Waals surface area contributed by atoms with Crippen molar-refractivity contribution < 1.29 is 5.11 Å². The molecule has 1 aliphatic rings. The maximum absolute atomic E-state index is 10.8. The summed E-state index contributed by atoms with van der Waals surface area (Å²) in [5.41, 5.74) is 5.80. The van der Waals surface area contributed by atoms with Crippen molar-refractivity contribution in [2.75, 3.05) is 26.7 Å². The summed E-state index contributed by atoms with van der Waals surface area (Å²) in [6.45, 7) is 1.92. The van der Waals surface area contributed by atoms with Crippen LogP contribution in [0.4, 0.5) is 0 Å². The minimum absolute atomic E-state index is 0.256. The predicted octanol–water partition coefficient (Wildman–Crippen LogP) is 1.95. The van der Waals surface area contributed by atoms with Crippen LogP contribution in [0.1, 0.15) is 31.2 Å². The second kappa shape index (κ2) is 6.51. The Balaban J connectivity index is 1.97. The van der Waals surface area contributed by atoms with Gasteiger partial charge in [0.2, 0.25) is 0 Å². The minimum Gasteiger partial charge on any atom is -0.382 e. The van der Waals surface area contributed by atoms with E-state index in [1.54, 1.807) is 0 Å². The van der Waals surface area contributed by atoms with E-state index < -0.39 is 5.60 Å². The van der Waals surface area contributed by atoms with Crippen LogP contribution in [0.2, 0.25) is 0 Å². The molecular weight excluding hydrogens is 236 g/mol. The van der Waals surface area contributed by atoms with Crippen molar-refractivity contribution in [1.82, 2.24) is 4.90 Å². The lowest BCUT2D eigenvalue weighted by Gasteiger charge is -2.33. The van der Waals surface area contributed by atoms with Crippen molar-refractivity contribution in [2.24, 2.45) is 11.7 Å². The highest BCUT2D eigenvalue weighted by Gasteiger charge is 2.30. The van der Waals surface area contributed by atoms with E-state index in [0.717, 1.165) is 18.0 Å². The highest BCUT2D eigenvalue weighted by atomic mass is 16.3. The summed E-state index contributed by atoms with van der Waals surface area (Å²) in [7, 11) is 2.09. The van der Waals surface area contributed by atoms with Crippen molar-refractivity contribution in [1.29, 1.82) is 0 Å². The van der Waals surface area contributed by atoms with Crippen LogP contribution >= 0.6 is 0 Å². The first kappa shape index (κ1) is 14.5. The molecule has 3 N–H and O–H groups in total. The van der Waals surface area contributed by atoms with E-state index in [2.05, 4.69) is 11.9 Å². The smallest absolute Gasteiger partial charge is 0.114 e. The lowest BCUT2D eigenvalue weighted by atomic mass is 9.93. The fraction of sp³-hybridized carbons (Fsp3) is 0.625. The summed E-state index contributed by atoms with van der Waals surface area (Å²) < 4.78 is 0. The van der Waals surface area contributed by atoms with Gasteiger partial charge in [-0.3, -0.25) is 0 Å². The largest absolute Gasteiger partial charge is 0.382 e. The molecule has 3 heteroatoms. The number of nitrogens with zero attached hydrogens (tertiary/aromatic N) is 1. The lowest BCUT2D eigenvalue weighted by Crippen LogP contribution is -2.45. The Kier molecular flexibility index (Phi) is 4.97. The maximum Gasteiger partial charge on any atom is 0.114 e. The number of benzene rings is 1. The zero-order chi connectivity index (χ0) is 13.7. The molecule has 0 heterocycles. The van der Waals surface area contributed by atoms with E-state index in [1.165, 1.54) is 25.7 Å². The zero-order valence-electron chi connectivity index (χ0n) is 11.9. The first-order chi connectivity index (χ1) is 9.14. The van der Waals surface area contributed by atoms with E-state index in [0.29, 0.717) is 6.54 Å². The minimum atomic E-state index is -0.936. The Morgan fingerprint density at radius 1 is 1.26 bits per heavy atom. The topological polar surface area (TPSA) is 49.5 Å². The van der Waals surface area contributed by atoms with E-state index in [9.17, 15) is 5.11 Å². The van der Waals surface area contributed by atoms with Gasteiger partial charge in [0.05, 0.1) is 0 Å². The molecule has 0 saturated heterocycles. The third-order valence-electron chi connectivity index (χ3n) is 4.22. The molecule has 0 spiro atoms. The summed E-state index contributed by atoms with van der Waals surface area (Å²) in [6, 6.07) is 9.77. The normalized spacial score (nSPS) is 19.8. The van der Waals surface area contributed by atoms with Gasteiger partial charge < -0.3 is 15.7 Å². The fourth-order valence-electron chi connectivity index (χ4n) is 3.17. The van der Waals surface area contributed by atoms with Crippen molar-refractivity contribution >= 4 is 0 Å². The van der Waals surface area contributed by atoms with Crippen molar-refractivity contribution in [3.8, 4) is 0 Å². The van der Waals surface area contributed by atoms with Gasteiger partial charge in [-0.25, -0.2) is 0 Å². The van der Waals surface area contributed by atoms with Gasteiger partial charge in [0.25, 0.3) is 0 Å². The molecule has 106 valence electrons. The fourth-order valence-corrected chi connectivity index (χ4v) is 3.17. The summed E-state index contributed by atoms with van der Waals surface area (Å²) >= 11 is 0. The van der Waals surface area contributed by atoms with E-state index in [4.69, 9.17) is 5.73 Å². The summed E-state index contributed by atoms with van der Waals surface area (Å²) in [5, 5.41) is 10.8. The van der Waals surface area contributed by atoms with Crippen molar-refractivity contribution in [2.45, 2.75) is 31.3 Å². The SMILES string of the molecule is CN(CC1CCCC1)CC(O)(CN)c1ccccc1. The number of aliphatic hydroxyl groups is 1. The number of hydrogen-bond acceptors (Lipinski definition) is 3. The molecular formula is C16H26N2O. The Bertz CT molecular complexity index is 376. The number of nitrogens with two attached hydrogens (primary N) is 1. The van der Waals surface area contributed by atoms with E-state index in [-0.39, 0.29) is 6.54 Å². The van der Waals surface area contributed by atoms with Crippen LogP contribution in [-0.4, -0.2) is 36.7 Å². The Morgan fingerprint density at radius 2 is 1.89 bits per heavy atom. The number of hydrogen-bond donors (Lipinski definition) is 2. The van der Waals surface area contributed by atoms with Crippen LogP contribution in [0, 0.1) is 5.92 Å². The molecule has 2 rings (SSSR count). The van der Waals surface area contributed by atoms with Crippen LogP contribution in [0.3, 0.4) is 0 Å². The third-order valence-corrected chi connectivity index (χ3v) is 4.22. The molecule has 0 aromatic heterocycles. The second-order valence-corrected chi connectivity index (χ2v) is 5.95. The van der Waals surface area contributed by atoms with Crippen LogP contribution in [-0.2, 0) is 5.60 Å². The second-order valence-electron chi connectivity index (χ2n) is 5.95. The summed E-state index contributed by atoms with van der Waals surface area (Å²) in [6.07, 6.45) is 5.38. The number of rotatable bonds is 6. The summed E-state index contributed by atoms with van der Waals surface area (Å²) in [4.78, 5) is 2.23. The molecule has 1 saturated carbocycles. The highest BCUT2D eigenvalue weighted by Crippen LogP contribution is 2.27. The van der Waals surface area contributed by atoms with Gasteiger partial charge in [-0.15, -0.1) is 0 Å². The van der Waals surface area contributed by atoms with Gasteiger partial charge in [-0.05, 0) is 31.4 Å². The lowest BCUT2D eigenvalue weighted by molar-refractivity contribution is 0.0105. The Morgan fingerprint density at radius 3 is 2.47 bits per heavy atom. The van der Waals surface area contributed by atoms with Gasteiger partial charge in [-0.1, -0.05) is 43.2 Å². The van der Waals surface area contributed by atoms with Crippen LogP contribution in [0.5, 0.6) is 0 Å². The Labute approximate surface area is 116 Å². The average molecular weight is 262 g/mol. The van der Waals surface area contributed by atoms with E-state index >= 15 is 0 Å². The molecule has 0 amide bonds. The summed E-state index contributed by atoms with van der Waals surface area (Å²) in [5.74, 6) is 0.794. The van der Waals surface area contributed by atoms with E-state index in [1.807, 2.05) is 30.3 Å². The number of likely N-dealkylation sites (N-methyl/N-ethyl adjacent to an activating group) is 1. The van der Waals surface area contributed by atoms with Gasteiger partial charge >= 0.3 is 0 Å². The van der Waals surface area contributed by atoms with Crippen LogP contribution in [0.25, 0.3) is 0 Å². The average Bonchev–Trinajstić information content (AvgIpc) is 2.92. The quantitative estimate of drug-likeness (QED) is 0.824. The highest BCUT2D eigenvalue weighted by molar-refractivity contribution is 5.23. The van der Waals surface area contributed by atoms with Gasteiger partial charge in [0, 0.05) is 19.6 Å². The molecule has 1 fully saturated rings. The van der Waals surface area contributed by atoms with Crippen LogP contribution < -0.4 is 5.73 Å². The van der Waals surface area contributed by atoms with Crippen molar-refractivity contribution in [3.05, 3.63) is 35.9 Å². The monoisotopic (exact) mass is 262 g/mol. The maximum atomic E-state index is 10.8. The van der Waals surface area contributed by atoms with Gasteiger partial charge in [0.1, 0.15) is 5.60 Å². The predicted molar refractivity (Wildman–Crippen MR) is 78.8 cm³/mol. The Hall–Kier alpha value is -0.900. The molecule has 1 aliphatic carbocycles. The standard InChI is InChI=1S/C16H26N2O/c1-18(11-14-7-5-6-8-14)13-16(19,12-17)15-9-3-2-4-10-15/h2-4,9-10,14,19H,5-8,11-13,17H2,1H3. The molecule has 1 aromatic rings. The molecule has 1 unspecified atom stereocenters. The zero-order valence-corrected chi connectivity index (χ0v) is 11.9. The molecule has 0 aliphatic heterocycles. The molecule has 1 atom stereocenters. The molecule has 19 heavy (non-hydrogen) atoms. The molecule has 0 radical (unpaired) electrons. The third kappa shape index (κ3) is 3.78. The van der Waals surface area contributed by atoms with Crippen molar-refractivity contribution in [3.63, 3.8) is 0 Å². The molecule has 0 bridgehead atoms. The van der Waals surface area contributed by atoms with Gasteiger partial charge in [-0.2, -0.15) is 0 Å². The first-order valence-electron chi connectivity index (χ1n) is 7.30.